The van der Waals surface area contributed by atoms with Gasteiger partial charge in [-0.05, 0) is 30.9 Å². The number of rotatable bonds is 5. The third-order valence-electron chi connectivity index (χ3n) is 4.90. The number of fused-ring (bicyclic) bond motifs is 1. The van der Waals surface area contributed by atoms with Crippen LogP contribution in [-0.4, -0.2) is 52.9 Å². The van der Waals surface area contributed by atoms with E-state index >= 15 is 0 Å². The molecule has 3 rings (SSSR count). The van der Waals surface area contributed by atoms with Gasteiger partial charge in [0.05, 0.1) is 18.7 Å². The van der Waals surface area contributed by atoms with E-state index in [9.17, 15) is 9.59 Å². The van der Waals surface area contributed by atoms with Gasteiger partial charge in [0, 0.05) is 25.1 Å². The second-order valence-corrected chi connectivity index (χ2v) is 7.22. The monoisotopic (exact) mass is 369 g/mol. The molecular weight excluding hydrogens is 342 g/mol. The molecule has 0 fully saturated rings. The first-order chi connectivity index (χ1) is 12.9. The summed E-state index contributed by atoms with van der Waals surface area (Å²) in [6.45, 7) is 8.99. The number of aromatic nitrogens is 1. The Morgan fingerprint density at radius 1 is 1.33 bits per heavy atom. The van der Waals surface area contributed by atoms with E-state index < -0.39 is 0 Å². The molecule has 2 aromatic rings. The summed E-state index contributed by atoms with van der Waals surface area (Å²) in [5.41, 5.74) is 1.97. The Labute approximate surface area is 159 Å². The standard InChI is InChI=1S/C21H27N3O3/c1-5-27-19-13-23(21(26)20(22-19)14(2)3)11-10-16-12-24(15(4)25)18-9-7-6-8-17(16)18/h6-9,12,14,20H,5,10-11,13H2,1-4H3/t20-/m0/s1. The van der Waals surface area contributed by atoms with Gasteiger partial charge in [-0.25, -0.2) is 4.99 Å². The second-order valence-electron chi connectivity index (χ2n) is 7.22. The SMILES string of the molecule is CCOC1=N[C@@H](C(C)C)C(=O)N(CCc2cn(C(C)=O)c3ccccc23)C1. The fraction of sp³-hybridized carbons (Fsp3) is 0.476. The number of nitrogens with zero attached hydrogens (tertiary/aromatic N) is 3. The Bertz CT molecular complexity index is 882. The van der Waals surface area contributed by atoms with E-state index in [1.807, 2.05) is 56.1 Å². The van der Waals surface area contributed by atoms with E-state index in [1.165, 1.54) is 0 Å². The molecule has 144 valence electrons. The lowest BCUT2D eigenvalue weighted by molar-refractivity contribution is -0.133. The van der Waals surface area contributed by atoms with Gasteiger partial charge in [-0.1, -0.05) is 32.0 Å². The summed E-state index contributed by atoms with van der Waals surface area (Å²) in [5.74, 6) is 0.776. The third-order valence-corrected chi connectivity index (χ3v) is 4.90. The summed E-state index contributed by atoms with van der Waals surface area (Å²) >= 11 is 0. The normalized spacial score (nSPS) is 17.5. The van der Waals surface area contributed by atoms with Crippen molar-refractivity contribution < 1.29 is 14.3 Å². The van der Waals surface area contributed by atoms with E-state index in [4.69, 9.17) is 4.74 Å². The topological polar surface area (TPSA) is 63.9 Å². The highest BCUT2D eigenvalue weighted by Crippen LogP contribution is 2.23. The summed E-state index contributed by atoms with van der Waals surface area (Å²) < 4.78 is 7.28. The summed E-state index contributed by atoms with van der Waals surface area (Å²) in [4.78, 5) is 31.1. The van der Waals surface area contributed by atoms with Gasteiger partial charge in [0.2, 0.25) is 17.7 Å². The second kappa shape index (κ2) is 7.94. The van der Waals surface area contributed by atoms with Crippen LogP contribution in [0.1, 0.15) is 38.1 Å². The zero-order valence-corrected chi connectivity index (χ0v) is 16.4. The van der Waals surface area contributed by atoms with Crippen LogP contribution in [-0.2, 0) is 16.0 Å². The maximum Gasteiger partial charge on any atom is 0.248 e. The number of para-hydroxylation sites is 1. The van der Waals surface area contributed by atoms with Crippen LogP contribution in [0.2, 0.25) is 0 Å². The Morgan fingerprint density at radius 2 is 2.07 bits per heavy atom. The molecule has 6 heteroatoms. The lowest BCUT2D eigenvalue weighted by Crippen LogP contribution is -2.49. The molecule has 0 aliphatic carbocycles. The molecule has 0 N–H and O–H groups in total. The molecule has 0 saturated heterocycles. The lowest BCUT2D eigenvalue weighted by Gasteiger charge is -2.32. The molecule has 0 radical (unpaired) electrons. The summed E-state index contributed by atoms with van der Waals surface area (Å²) in [5, 5.41) is 1.05. The number of ether oxygens (including phenoxy) is 1. The van der Waals surface area contributed by atoms with Crippen molar-refractivity contribution in [2.75, 3.05) is 19.7 Å². The van der Waals surface area contributed by atoms with Crippen molar-refractivity contribution in [1.82, 2.24) is 9.47 Å². The van der Waals surface area contributed by atoms with Gasteiger partial charge in [0.15, 0.2) is 0 Å². The first-order valence-electron chi connectivity index (χ1n) is 9.50. The molecule has 1 aliphatic rings. The number of carbonyl (C=O) groups is 2. The zero-order chi connectivity index (χ0) is 19.6. The van der Waals surface area contributed by atoms with Crippen LogP contribution in [0.15, 0.2) is 35.5 Å². The Balaban J connectivity index is 1.82. The minimum absolute atomic E-state index is 0.0165. The average molecular weight is 369 g/mol. The van der Waals surface area contributed by atoms with Gasteiger partial charge in [0.1, 0.15) is 6.04 Å². The summed E-state index contributed by atoms with van der Waals surface area (Å²) in [7, 11) is 0. The van der Waals surface area contributed by atoms with Crippen LogP contribution in [0.3, 0.4) is 0 Å². The van der Waals surface area contributed by atoms with Gasteiger partial charge >= 0.3 is 0 Å². The summed E-state index contributed by atoms with van der Waals surface area (Å²) in [6.07, 6.45) is 2.57. The van der Waals surface area contributed by atoms with E-state index in [1.54, 1.807) is 11.5 Å². The smallest absolute Gasteiger partial charge is 0.248 e. The van der Waals surface area contributed by atoms with Crippen LogP contribution < -0.4 is 0 Å². The molecule has 1 aromatic carbocycles. The highest BCUT2D eigenvalue weighted by atomic mass is 16.5. The first-order valence-corrected chi connectivity index (χ1v) is 9.50. The van der Waals surface area contributed by atoms with Crippen molar-refractivity contribution in [1.29, 1.82) is 0 Å². The lowest BCUT2D eigenvalue weighted by atomic mass is 10.0. The molecular formula is C21H27N3O3. The molecule has 0 spiro atoms. The minimum Gasteiger partial charge on any atom is -0.480 e. The minimum atomic E-state index is -0.390. The fourth-order valence-electron chi connectivity index (χ4n) is 3.52. The largest absolute Gasteiger partial charge is 0.480 e. The number of hydrogen-bond donors (Lipinski definition) is 0. The van der Waals surface area contributed by atoms with Gasteiger partial charge in [-0.3, -0.25) is 14.2 Å². The van der Waals surface area contributed by atoms with Crippen LogP contribution in [0.4, 0.5) is 0 Å². The number of benzene rings is 1. The van der Waals surface area contributed by atoms with Gasteiger partial charge in [0.25, 0.3) is 0 Å². The molecule has 0 bridgehead atoms. The van der Waals surface area contributed by atoms with E-state index in [0.29, 0.717) is 32.0 Å². The van der Waals surface area contributed by atoms with Crippen molar-refractivity contribution in [3.8, 4) is 0 Å². The maximum atomic E-state index is 12.8. The molecule has 6 nitrogen and oxygen atoms in total. The van der Waals surface area contributed by atoms with Crippen LogP contribution >= 0.6 is 0 Å². The third kappa shape index (κ3) is 3.89. The number of aliphatic imine (C=N–C) groups is 1. The molecule has 1 aliphatic heterocycles. The van der Waals surface area contributed by atoms with Crippen molar-refractivity contribution in [3.05, 3.63) is 36.0 Å². The van der Waals surface area contributed by atoms with E-state index in [2.05, 4.69) is 4.99 Å². The highest BCUT2D eigenvalue weighted by Gasteiger charge is 2.32. The van der Waals surface area contributed by atoms with Gasteiger partial charge < -0.3 is 9.64 Å². The van der Waals surface area contributed by atoms with Crippen LogP contribution in [0, 0.1) is 5.92 Å². The van der Waals surface area contributed by atoms with Crippen molar-refractivity contribution in [2.24, 2.45) is 10.9 Å². The predicted molar refractivity (Wildman–Crippen MR) is 106 cm³/mol. The average Bonchev–Trinajstić information content (AvgIpc) is 3.01. The van der Waals surface area contributed by atoms with Crippen molar-refractivity contribution in [2.45, 2.75) is 40.2 Å². The van der Waals surface area contributed by atoms with Gasteiger partial charge in [-0.2, -0.15) is 0 Å². The molecule has 1 amide bonds. The van der Waals surface area contributed by atoms with Gasteiger partial charge in [-0.15, -0.1) is 0 Å². The first kappa shape index (κ1) is 19.1. The number of amides is 1. The molecule has 0 saturated carbocycles. The Hall–Kier alpha value is -2.63. The zero-order valence-electron chi connectivity index (χ0n) is 16.4. The maximum absolute atomic E-state index is 12.8. The quantitative estimate of drug-likeness (QED) is 0.813. The van der Waals surface area contributed by atoms with E-state index in [0.717, 1.165) is 16.5 Å². The Kier molecular flexibility index (Phi) is 5.63. The molecule has 27 heavy (non-hydrogen) atoms. The number of hydrogen-bond acceptors (Lipinski definition) is 4. The number of carbonyl (C=O) groups excluding carboxylic acids is 2. The van der Waals surface area contributed by atoms with Crippen LogP contribution in [0.25, 0.3) is 10.9 Å². The summed E-state index contributed by atoms with van der Waals surface area (Å²) in [6, 6.07) is 7.47. The molecule has 2 heterocycles. The Morgan fingerprint density at radius 3 is 2.74 bits per heavy atom. The fourth-order valence-corrected chi connectivity index (χ4v) is 3.52. The van der Waals surface area contributed by atoms with Crippen LogP contribution in [0.5, 0.6) is 0 Å². The van der Waals surface area contributed by atoms with Crippen molar-refractivity contribution in [3.63, 3.8) is 0 Å². The van der Waals surface area contributed by atoms with Crippen molar-refractivity contribution >= 4 is 28.6 Å². The molecule has 1 atom stereocenters. The molecule has 1 aromatic heterocycles. The highest BCUT2D eigenvalue weighted by molar-refractivity contribution is 5.94. The van der Waals surface area contributed by atoms with E-state index in [-0.39, 0.29) is 23.8 Å². The predicted octanol–water partition coefficient (Wildman–Crippen LogP) is 3.15. The molecule has 0 unspecified atom stereocenters.